The number of rotatable bonds is 1. The fraction of sp³-hybridized carbons (Fsp3) is 0.714. The van der Waals surface area contributed by atoms with Gasteiger partial charge in [0.25, 0.3) is 4.84 Å². The monoisotopic (exact) mass is 170 g/mol. The maximum absolute atomic E-state index is 5.19. The van der Waals surface area contributed by atoms with Crippen molar-refractivity contribution in [2.24, 2.45) is 5.41 Å². The van der Waals surface area contributed by atoms with Crippen molar-refractivity contribution in [2.45, 2.75) is 26.2 Å². The molecule has 1 fully saturated rings. The second kappa shape index (κ2) is 1.94. The summed E-state index contributed by atoms with van der Waals surface area (Å²) in [5.74, 6) is 1.23. The first kappa shape index (κ1) is 7.03. The molecule has 1 aliphatic rings. The molecule has 2 rings (SSSR count). The van der Waals surface area contributed by atoms with Crippen LogP contribution in [0, 0.1) is 10.3 Å². The van der Waals surface area contributed by atoms with Crippen molar-refractivity contribution >= 4 is 12.2 Å². The third-order valence-corrected chi connectivity index (χ3v) is 2.44. The van der Waals surface area contributed by atoms with Crippen LogP contribution in [0.2, 0.25) is 0 Å². The zero-order valence-corrected chi connectivity index (χ0v) is 7.36. The Morgan fingerprint density at radius 3 is 2.73 bits per heavy atom. The first-order valence-electron chi connectivity index (χ1n) is 3.65. The van der Waals surface area contributed by atoms with Crippen molar-refractivity contribution < 1.29 is 4.42 Å². The van der Waals surface area contributed by atoms with E-state index in [1.807, 2.05) is 0 Å². The van der Waals surface area contributed by atoms with E-state index >= 15 is 0 Å². The largest absolute Gasteiger partial charge is 0.414 e. The molecule has 1 aromatic rings. The Bertz CT molecular complexity index is 325. The van der Waals surface area contributed by atoms with E-state index in [9.17, 15) is 0 Å². The standard InChI is InChI=1S/C7H10N2OS/c1-7(2)3-4(7)5-8-9-6(11)10-5/h4H,3H2,1-2H3,(H,9,11). The molecule has 0 aromatic carbocycles. The van der Waals surface area contributed by atoms with Crippen LogP contribution in [0.5, 0.6) is 0 Å². The summed E-state index contributed by atoms with van der Waals surface area (Å²) in [5.41, 5.74) is 0.362. The molecule has 1 atom stereocenters. The summed E-state index contributed by atoms with van der Waals surface area (Å²) in [5, 5.41) is 6.60. The summed E-state index contributed by atoms with van der Waals surface area (Å²) in [6, 6.07) is 0. The maximum atomic E-state index is 5.19. The lowest BCUT2D eigenvalue weighted by Gasteiger charge is -1.95. The van der Waals surface area contributed by atoms with Crippen LogP contribution in [-0.2, 0) is 0 Å². The van der Waals surface area contributed by atoms with Crippen molar-refractivity contribution in [1.82, 2.24) is 10.2 Å². The summed E-state index contributed by atoms with van der Waals surface area (Å²) in [6.45, 7) is 4.40. The van der Waals surface area contributed by atoms with Crippen LogP contribution in [0.1, 0.15) is 32.1 Å². The molecule has 0 aliphatic heterocycles. The highest BCUT2D eigenvalue weighted by atomic mass is 32.1. The molecule has 3 nitrogen and oxygen atoms in total. The predicted octanol–water partition coefficient (Wildman–Crippen LogP) is 2.25. The van der Waals surface area contributed by atoms with Gasteiger partial charge in [-0.3, -0.25) is 0 Å². The topological polar surface area (TPSA) is 41.8 Å². The van der Waals surface area contributed by atoms with E-state index in [1.165, 1.54) is 0 Å². The second-order valence-corrected chi connectivity index (χ2v) is 4.07. The molecule has 1 aromatic heterocycles. The van der Waals surface area contributed by atoms with E-state index < -0.39 is 0 Å². The highest BCUT2D eigenvalue weighted by molar-refractivity contribution is 7.71. The minimum atomic E-state index is 0.362. The Hall–Kier alpha value is -0.640. The maximum Gasteiger partial charge on any atom is 0.284 e. The van der Waals surface area contributed by atoms with E-state index in [4.69, 9.17) is 16.6 Å². The summed E-state index contributed by atoms with van der Waals surface area (Å²) in [6.07, 6.45) is 1.15. The van der Waals surface area contributed by atoms with E-state index in [-0.39, 0.29) is 0 Å². The number of aromatic nitrogens is 2. The van der Waals surface area contributed by atoms with Crippen LogP contribution in [0.3, 0.4) is 0 Å². The zero-order chi connectivity index (χ0) is 8.06. The summed E-state index contributed by atoms with van der Waals surface area (Å²) in [4.78, 5) is 0.378. The van der Waals surface area contributed by atoms with Crippen LogP contribution in [0.25, 0.3) is 0 Å². The number of nitrogens with one attached hydrogen (secondary N) is 1. The van der Waals surface area contributed by atoms with Crippen molar-refractivity contribution in [1.29, 1.82) is 0 Å². The van der Waals surface area contributed by atoms with E-state index in [0.717, 1.165) is 12.3 Å². The lowest BCUT2D eigenvalue weighted by Crippen LogP contribution is -1.89. The Morgan fingerprint density at radius 1 is 1.73 bits per heavy atom. The summed E-state index contributed by atoms with van der Waals surface area (Å²) < 4.78 is 5.19. The van der Waals surface area contributed by atoms with E-state index in [2.05, 4.69) is 24.0 Å². The zero-order valence-electron chi connectivity index (χ0n) is 6.55. The van der Waals surface area contributed by atoms with Crippen molar-refractivity contribution in [2.75, 3.05) is 0 Å². The highest BCUT2D eigenvalue weighted by Gasteiger charge is 2.49. The summed E-state index contributed by atoms with van der Waals surface area (Å²) >= 11 is 4.77. The molecule has 60 valence electrons. The molecular formula is C7H10N2OS. The molecule has 1 heterocycles. The molecular weight excluding hydrogens is 160 g/mol. The van der Waals surface area contributed by atoms with Gasteiger partial charge in [-0.1, -0.05) is 13.8 Å². The van der Waals surface area contributed by atoms with Gasteiger partial charge in [-0.15, -0.1) is 5.10 Å². The normalized spacial score (nSPS) is 26.9. The lowest BCUT2D eigenvalue weighted by atomic mass is 10.1. The first-order chi connectivity index (χ1) is 5.09. The quantitative estimate of drug-likeness (QED) is 0.657. The van der Waals surface area contributed by atoms with Gasteiger partial charge >= 0.3 is 0 Å². The third kappa shape index (κ3) is 1.11. The van der Waals surface area contributed by atoms with Crippen LogP contribution in [0.4, 0.5) is 0 Å². The smallest absolute Gasteiger partial charge is 0.284 e. The molecule has 11 heavy (non-hydrogen) atoms. The van der Waals surface area contributed by atoms with Gasteiger partial charge in [-0.05, 0) is 24.1 Å². The summed E-state index contributed by atoms with van der Waals surface area (Å²) in [7, 11) is 0. The van der Waals surface area contributed by atoms with Gasteiger partial charge in [0.2, 0.25) is 5.89 Å². The van der Waals surface area contributed by atoms with Gasteiger partial charge in [0, 0.05) is 5.92 Å². The molecule has 1 N–H and O–H groups in total. The van der Waals surface area contributed by atoms with Gasteiger partial charge in [0.05, 0.1) is 0 Å². The average molecular weight is 170 g/mol. The van der Waals surface area contributed by atoms with Crippen LogP contribution < -0.4 is 0 Å². The highest BCUT2D eigenvalue weighted by Crippen LogP contribution is 2.57. The molecule has 0 bridgehead atoms. The first-order valence-corrected chi connectivity index (χ1v) is 4.06. The number of hydrogen-bond acceptors (Lipinski definition) is 3. The van der Waals surface area contributed by atoms with Crippen molar-refractivity contribution in [3.05, 3.63) is 10.7 Å². The Balaban J connectivity index is 2.27. The molecule has 0 spiro atoms. The minimum Gasteiger partial charge on any atom is -0.414 e. The van der Waals surface area contributed by atoms with Gasteiger partial charge in [0.15, 0.2) is 0 Å². The SMILES string of the molecule is CC1(C)CC1c1n[nH]c(=S)o1. The molecule has 1 aliphatic carbocycles. The van der Waals surface area contributed by atoms with Crippen LogP contribution in [0.15, 0.2) is 4.42 Å². The van der Waals surface area contributed by atoms with Gasteiger partial charge in [0.1, 0.15) is 0 Å². The predicted molar refractivity (Wildman–Crippen MR) is 42.8 cm³/mol. The number of hydrogen-bond donors (Lipinski definition) is 1. The van der Waals surface area contributed by atoms with Crippen molar-refractivity contribution in [3.63, 3.8) is 0 Å². The lowest BCUT2D eigenvalue weighted by molar-refractivity contribution is 0.457. The number of H-pyrrole nitrogens is 1. The van der Waals surface area contributed by atoms with Gasteiger partial charge in [-0.25, -0.2) is 5.10 Å². The Labute approximate surface area is 69.8 Å². The fourth-order valence-corrected chi connectivity index (χ4v) is 1.41. The number of nitrogens with zero attached hydrogens (tertiary/aromatic N) is 1. The third-order valence-electron chi connectivity index (χ3n) is 2.27. The van der Waals surface area contributed by atoms with E-state index in [1.54, 1.807) is 0 Å². The number of aromatic amines is 1. The molecule has 0 amide bonds. The van der Waals surface area contributed by atoms with Gasteiger partial charge < -0.3 is 4.42 Å². The molecule has 0 saturated heterocycles. The van der Waals surface area contributed by atoms with E-state index in [0.29, 0.717) is 16.2 Å². The Kier molecular flexibility index (Phi) is 1.24. The van der Waals surface area contributed by atoms with Gasteiger partial charge in [-0.2, -0.15) is 0 Å². The average Bonchev–Trinajstić information content (AvgIpc) is 2.39. The van der Waals surface area contributed by atoms with Crippen LogP contribution >= 0.6 is 12.2 Å². The molecule has 0 radical (unpaired) electrons. The second-order valence-electron chi connectivity index (χ2n) is 3.70. The molecule has 1 unspecified atom stereocenters. The minimum absolute atomic E-state index is 0.362. The molecule has 4 heteroatoms. The fourth-order valence-electron chi connectivity index (χ4n) is 1.28. The van der Waals surface area contributed by atoms with Crippen LogP contribution in [-0.4, -0.2) is 10.2 Å². The van der Waals surface area contributed by atoms with Crippen molar-refractivity contribution in [3.8, 4) is 0 Å². The Morgan fingerprint density at radius 2 is 2.36 bits per heavy atom. The molecule has 1 saturated carbocycles.